The van der Waals surface area contributed by atoms with Gasteiger partial charge in [-0.05, 0) is 73.4 Å². The minimum Gasteiger partial charge on any atom is -0.496 e. The molecule has 0 bridgehead atoms. The predicted octanol–water partition coefficient (Wildman–Crippen LogP) is 3.15. The number of methoxy groups -OCH3 is 1. The smallest absolute Gasteiger partial charge is 0.277 e. The number of ether oxygens (including phenoxy) is 2. The van der Waals surface area contributed by atoms with Crippen molar-refractivity contribution in [3.8, 4) is 11.5 Å². The van der Waals surface area contributed by atoms with Gasteiger partial charge in [0.25, 0.3) is 5.91 Å². The number of nitrogens with zero attached hydrogens (tertiary/aromatic N) is 1. The first-order valence-corrected chi connectivity index (χ1v) is 7.65. The number of rotatable bonds is 6. The van der Waals surface area contributed by atoms with Crippen LogP contribution in [0, 0.1) is 20.8 Å². The molecule has 2 rings (SSSR count). The first kappa shape index (κ1) is 17.5. The Labute approximate surface area is 142 Å². The van der Waals surface area contributed by atoms with E-state index >= 15 is 0 Å². The summed E-state index contributed by atoms with van der Waals surface area (Å²) in [5.41, 5.74) is 6.53. The summed E-state index contributed by atoms with van der Waals surface area (Å²) in [6.45, 7) is 5.84. The number of hydrazone groups is 1. The SMILES string of the molecule is COc1ccc(C=NNC(=O)COc2cc(C)cc(C)c2)cc1C. The fourth-order valence-electron chi connectivity index (χ4n) is 2.36. The number of carbonyl (C=O) groups excluding carboxylic acids is 1. The topological polar surface area (TPSA) is 59.9 Å². The monoisotopic (exact) mass is 326 g/mol. The molecular formula is C19H22N2O3. The number of hydrogen-bond donors (Lipinski definition) is 1. The molecule has 0 spiro atoms. The number of benzene rings is 2. The Morgan fingerprint density at radius 3 is 2.46 bits per heavy atom. The van der Waals surface area contributed by atoms with Gasteiger partial charge in [0.15, 0.2) is 6.61 Å². The molecule has 0 aliphatic carbocycles. The maximum absolute atomic E-state index is 11.8. The predicted molar refractivity (Wildman–Crippen MR) is 94.9 cm³/mol. The lowest BCUT2D eigenvalue weighted by molar-refractivity contribution is -0.123. The molecule has 1 amide bonds. The summed E-state index contributed by atoms with van der Waals surface area (Å²) >= 11 is 0. The van der Waals surface area contributed by atoms with E-state index in [1.165, 1.54) is 0 Å². The van der Waals surface area contributed by atoms with E-state index in [9.17, 15) is 4.79 Å². The summed E-state index contributed by atoms with van der Waals surface area (Å²) in [6, 6.07) is 11.5. The second-order valence-electron chi connectivity index (χ2n) is 5.63. The van der Waals surface area contributed by atoms with E-state index in [-0.39, 0.29) is 12.5 Å². The average molecular weight is 326 g/mol. The van der Waals surface area contributed by atoms with Crippen molar-refractivity contribution in [3.63, 3.8) is 0 Å². The standard InChI is InChI=1S/C19H22N2O3/c1-13-7-14(2)9-17(8-13)24-12-19(22)21-20-11-16-5-6-18(23-4)15(3)10-16/h5-11H,12H2,1-4H3,(H,21,22). The van der Waals surface area contributed by atoms with Gasteiger partial charge in [0.05, 0.1) is 13.3 Å². The van der Waals surface area contributed by atoms with Crippen LogP contribution in [0.1, 0.15) is 22.3 Å². The van der Waals surface area contributed by atoms with Gasteiger partial charge in [-0.25, -0.2) is 5.43 Å². The molecular weight excluding hydrogens is 304 g/mol. The lowest BCUT2D eigenvalue weighted by Gasteiger charge is -2.07. The summed E-state index contributed by atoms with van der Waals surface area (Å²) in [5, 5.41) is 3.94. The quantitative estimate of drug-likeness (QED) is 0.655. The zero-order valence-corrected chi connectivity index (χ0v) is 14.4. The van der Waals surface area contributed by atoms with Crippen LogP contribution in [0.2, 0.25) is 0 Å². The molecule has 0 fully saturated rings. The second kappa shape index (κ2) is 8.15. The first-order valence-electron chi connectivity index (χ1n) is 7.65. The molecule has 126 valence electrons. The van der Waals surface area contributed by atoms with Gasteiger partial charge in [0.2, 0.25) is 0 Å². The minimum absolute atomic E-state index is 0.0815. The van der Waals surface area contributed by atoms with Crippen LogP contribution in [0.5, 0.6) is 11.5 Å². The van der Waals surface area contributed by atoms with Crippen molar-refractivity contribution < 1.29 is 14.3 Å². The fourth-order valence-corrected chi connectivity index (χ4v) is 2.36. The molecule has 0 aromatic heterocycles. The molecule has 0 saturated carbocycles. The maximum atomic E-state index is 11.8. The van der Waals surface area contributed by atoms with Gasteiger partial charge >= 0.3 is 0 Å². The number of aryl methyl sites for hydroxylation is 3. The molecule has 24 heavy (non-hydrogen) atoms. The molecule has 2 aromatic rings. The van der Waals surface area contributed by atoms with Gasteiger partial charge in [-0.2, -0.15) is 5.10 Å². The summed E-state index contributed by atoms with van der Waals surface area (Å²) in [6.07, 6.45) is 1.58. The van der Waals surface area contributed by atoms with Crippen molar-refractivity contribution in [2.75, 3.05) is 13.7 Å². The van der Waals surface area contributed by atoms with Crippen LogP contribution < -0.4 is 14.9 Å². The lowest BCUT2D eigenvalue weighted by Crippen LogP contribution is -2.24. The largest absolute Gasteiger partial charge is 0.496 e. The average Bonchev–Trinajstić information content (AvgIpc) is 2.52. The third-order valence-electron chi connectivity index (χ3n) is 3.39. The van der Waals surface area contributed by atoms with Crippen LogP contribution in [0.4, 0.5) is 0 Å². The van der Waals surface area contributed by atoms with Crippen molar-refractivity contribution in [1.82, 2.24) is 5.43 Å². The molecule has 0 heterocycles. The van der Waals surface area contributed by atoms with E-state index < -0.39 is 0 Å². The number of carbonyl (C=O) groups is 1. The van der Waals surface area contributed by atoms with Crippen LogP contribution in [0.3, 0.4) is 0 Å². The summed E-state index contributed by atoms with van der Waals surface area (Å²) in [7, 11) is 1.63. The van der Waals surface area contributed by atoms with E-state index in [2.05, 4.69) is 10.5 Å². The first-order chi connectivity index (χ1) is 11.5. The van der Waals surface area contributed by atoms with Crippen molar-refractivity contribution in [1.29, 1.82) is 0 Å². The molecule has 5 nitrogen and oxygen atoms in total. The van der Waals surface area contributed by atoms with Crippen LogP contribution in [0.25, 0.3) is 0 Å². The summed E-state index contributed by atoms with van der Waals surface area (Å²) in [5.74, 6) is 1.19. The normalized spacial score (nSPS) is 10.7. The number of hydrogen-bond acceptors (Lipinski definition) is 4. The Morgan fingerprint density at radius 2 is 1.83 bits per heavy atom. The third-order valence-corrected chi connectivity index (χ3v) is 3.39. The molecule has 0 radical (unpaired) electrons. The summed E-state index contributed by atoms with van der Waals surface area (Å²) < 4.78 is 10.7. The van der Waals surface area contributed by atoms with Crippen LogP contribution in [-0.2, 0) is 4.79 Å². The highest BCUT2D eigenvalue weighted by atomic mass is 16.5. The Kier molecular flexibility index (Phi) is 5.95. The summed E-state index contributed by atoms with van der Waals surface area (Å²) in [4.78, 5) is 11.8. The molecule has 5 heteroatoms. The third kappa shape index (κ3) is 5.12. The number of nitrogens with one attached hydrogen (secondary N) is 1. The van der Waals surface area contributed by atoms with Crippen LogP contribution >= 0.6 is 0 Å². The number of amides is 1. The Balaban J connectivity index is 1.85. The molecule has 0 saturated heterocycles. The minimum atomic E-state index is -0.310. The highest BCUT2D eigenvalue weighted by molar-refractivity contribution is 5.83. The van der Waals surface area contributed by atoms with Crippen molar-refractivity contribution >= 4 is 12.1 Å². The molecule has 0 aliphatic heterocycles. The van der Waals surface area contributed by atoms with Gasteiger partial charge < -0.3 is 9.47 Å². The molecule has 1 N–H and O–H groups in total. The Hall–Kier alpha value is -2.82. The molecule has 0 aliphatic rings. The highest BCUT2D eigenvalue weighted by Crippen LogP contribution is 2.17. The van der Waals surface area contributed by atoms with Gasteiger partial charge in [-0.1, -0.05) is 6.07 Å². The van der Waals surface area contributed by atoms with E-state index in [1.807, 2.05) is 57.2 Å². The van der Waals surface area contributed by atoms with Gasteiger partial charge in [-0.15, -0.1) is 0 Å². The van der Waals surface area contributed by atoms with Crippen LogP contribution in [-0.4, -0.2) is 25.8 Å². The van der Waals surface area contributed by atoms with E-state index in [4.69, 9.17) is 9.47 Å². The Bertz CT molecular complexity index is 734. The zero-order chi connectivity index (χ0) is 17.5. The van der Waals surface area contributed by atoms with E-state index in [0.29, 0.717) is 5.75 Å². The molecule has 0 atom stereocenters. The second-order valence-corrected chi connectivity index (χ2v) is 5.63. The van der Waals surface area contributed by atoms with Crippen molar-refractivity contribution in [2.45, 2.75) is 20.8 Å². The van der Waals surface area contributed by atoms with Crippen LogP contribution in [0.15, 0.2) is 41.5 Å². The van der Waals surface area contributed by atoms with E-state index in [0.717, 1.165) is 28.0 Å². The van der Waals surface area contributed by atoms with Gasteiger partial charge in [-0.3, -0.25) is 4.79 Å². The van der Waals surface area contributed by atoms with Gasteiger partial charge in [0.1, 0.15) is 11.5 Å². The van der Waals surface area contributed by atoms with Crippen molar-refractivity contribution in [2.24, 2.45) is 5.10 Å². The fraction of sp³-hybridized carbons (Fsp3) is 0.263. The lowest BCUT2D eigenvalue weighted by atomic mass is 10.1. The van der Waals surface area contributed by atoms with E-state index in [1.54, 1.807) is 13.3 Å². The van der Waals surface area contributed by atoms with Crippen molar-refractivity contribution in [3.05, 3.63) is 58.7 Å². The molecule has 0 unspecified atom stereocenters. The maximum Gasteiger partial charge on any atom is 0.277 e. The molecule has 2 aromatic carbocycles. The van der Waals surface area contributed by atoms with Gasteiger partial charge in [0, 0.05) is 0 Å². The highest BCUT2D eigenvalue weighted by Gasteiger charge is 2.03. The zero-order valence-electron chi connectivity index (χ0n) is 14.4. The Morgan fingerprint density at radius 1 is 1.12 bits per heavy atom.